The molecule has 0 saturated heterocycles. The number of nitrogens with one attached hydrogen (secondary N) is 1. The van der Waals surface area contributed by atoms with E-state index >= 15 is 0 Å². The van der Waals surface area contributed by atoms with Gasteiger partial charge in [-0.3, -0.25) is 4.79 Å². The Labute approximate surface area is 156 Å². The van der Waals surface area contributed by atoms with Gasteiger partial charge in [0.1, 0.15) is 17.4 Å². The van der Waals surface area contributed by atoms with Crippen molar-refractivity contribution in [1.82, 2.24) is 0 Å². The lowest BCUT2D eigenvalue weighted by molar-refractivity contribution is -0.143. The van der Waals surface area contributed by atoms with Crippen LogP contribution in [0.25, 0.3) is 0 Å². The number of hydrogen-bond donors (Lipinski definition) is 1. The second kappa shape index (κ2) is 9.59. The minimum atomic E-state index is -0.787. The third-order valence-corrected chi connectivity index (χ3v) is 4.69. The van der Waals surface area contributed by atoms with Gasteiger partial charge in [-0.05, 0) is 43.9 Å². The van der Waals surface area contributed by atoms with Crippen LogP contribution in [0.5, 0.6) is 5.75 Å². The number of carbonyl (C=O) groups excluding carboxylic acids is 1. The molecule has 0 bridgehead atoms. The first kappa shape index (κ1) is 20.3. The number of anilines is 1. The van der Waals surface area contributed by atoms with Crippen molar-refractivity contribution >= 4 is 11.6 Å². The average molecular weight is 358 g/mol. The van der Waals surface area contributed by atoms with Crippen molar-refractivity contribution < 1.29 is 14.3 Å². The van der Waals surface area contributed by atoms with Gasteiger partial charge in [-0.15, -0.1) is 0 Å². The third-order valence-electron chi connectivity index (χ3n) is 4.69. The highest BCUT2D eigenvalue weighted by atomic mass is 16.5. The third kappa shape index (κ3) is 5.22. The van der Waals surface area contributed by atoms with E-state index in [2.05, 4.69) is 25.2 Å². The molecule has 1 saturated carbocycles. The fraction of sp³-hybridized carbons (Fsp3) is 0.619. The van der Waals surface area contributed by atoms with E-state index in [0.717, 1.165) is 38.5 Å². The Morgan fingerprint density at radius 1 is 1.27 bits per heavy atom. The van der Waals surface area contributed by atoms with E-state index in [9.17, 15) is 10.1 Å². The molecule has 0 spiro atoms. The standard InChI is InChI=1S/C21H30N2O3/c1-4-26-21(11-7-5-6-8-12-21)20(24)23-19-10-9-18(13-17(19)14-22)25-15-16(2)3/h9-10,13,16H,4-8,11-12,15H2,1-3H3,(H,23,24). The minimum Gasteiger partial charge on any atom is -0.493 e. The monoisotopic (exact) mass is 358 g/mol. The second-order valence-corrected chi connectivity index (χ2v) is 7.32. The van der Waals surface area contributed by atoms with Crippen LogP contribution in [0, 0.1) is 17.2 Å². The van der Waals surface area contributed by atoms with Crippen molar-refractivity contribution in [1.29, 1.82) is 5.26 Å². The molecule has 0 atom stereocenters. The van der Waals surface area contributed by atoms with Crippen LogP contribution in [0.1, 0.15) is 64.9 Å². The summed E-state index contributed by atoms with van der Waals surface area (Å²) in [4.78, 5) is 13.0. The first-order chi connectivity index (χ1) is 12.5. The van der Waals surface area contributed by atoms with Gasteiger partial charge in [0, 0.05) is 6.61 Å². The van der Waals surface area contributed by atoms with Crippen molar-refractivity contribution in [3.05, 3.63) is 23.8 Å². The molecule has 5 heteroatoms. The van der Waals surface area contributed by atoms with Crippen LogP contribution in [-0.4, -0.2) is 24.7 Å². The molecule has 1 aliphatic rings. The van der Waals surface area contributed by atoms with Crippen molar-refractivity contribution in [2.45, 2.75) is 64.9 Å². The molecule has 5 nitrogen and oxygen atoms in total. The molecule has 1 amide bonds. The molecule has 1 aromatic carbocycles. The van der Waals surface area contributed by atoms with Gasteiger partial charge in [-0.2, -0.15) is 5.26 Å². The molecule has 1 aromatic rings. The molecule has 0 heterocycles. The van der Waals surface area contributed by atoms with Crippen molar-refractivity contribution in [2.24, 2.45) is 5.92 Å². The first-order valence-corrected chi connectivity index (χ1v) is 9.63. The normalized spacial score (nSPS) is 16.6. The predicted molar refractivity (Wildman–Crippen MR) is 102 cm³/mol. The minimum absolute atomic E-state index is 0.145. The van der Waals surface area contributed by atoms with E-state index in [1.807, 2.05) is 6.92 Å². The highest BCUT2D eigenvalue weighted by Crippen LogP contribution is 2.32. The van der Waals surface area contributed by atoms with Gasteiger partial charge >= 0.3 is 0 Å². The number of carbonyl (C=O) groups is 1. The van der Waals surface area contributed by atoms with Crippen LogP contribution in [0.15, 0.2) is 18.2 Å². The maximum absolute atomic E-state index is 13.0. The summed E-state index contributed by atoms with van der Waals surface area (Å²) in [5, 5.41) is 12.4. The second-order valence-electron chi connectivity index (χ2n) is 7.32. The fourth-order valence-electron chi connectivity index (χ4n) is 3.33. The van der Waals surface area contributed by atoms with E-state index in [4.69, 9.17) is 9.47 Å². The summed E-state index contributed by atoms with van der Waals surface area (Å²) in [6.45, 7) is 7.14. The summed E-state index contributed by atoms with van der Waals surface area (Å²) < 4.78 is 11.6. The fourth-order valence-corrected chi connectivity index (χ4v) is 3.33. The van der Waals surface area contributed by atoms with Crippen molar-refractivity contribution in [3.63, 3.8) is 0 Å². The van der Waals surface area contributed by atoms with Crippen LogP contribution in [0.3, 0.4) is 0 Å². The highest BCUT2D eigenvalue weighted by Gasteiger charge is 2.39. The van der Waals surface area contributed by atoms with Gasteiger partial charge in [-0.25, -0.2) is 0 Å². The maximum Gasteiger partial charge on any atom is 0.256 e. The summed E-state index contributed by atoms with van der Waals surface area (Å²) >= 11 is 0. The molecule has 1 aliphatic carbocycles. The van der Waals surface area contributed by atoms with E-state index in [-0.39, 0.29) is 5.91 Å². The molecular weight excluding hydrogens is 328 g/mol. The molecule has 0 aromatic heterocycles. The summed E-state index contributed by atoms with van der Waals surface area (Å²) in [6, 6.07) is 7.36. The molecule has 0 unspecified atom stereocenters. The van der Waals surface area contributed by atoms with Crippen LogP contribution < -0.4 is 10.1 Å². The lowest BCUT2D eigenvalue weighted by Crippen LogP contribution is -2.45. The number of nitrogens with zero attached hydrogens (tertiary/aromatic N) is 1. The zero-order chi connectivity index (χ0) is 19.0. The molecule has 0 aliphatic heterocycles. The molecule has 2 rings (SSSR count). The highest BCUT2D eigenvalue weighted by molar-refractivity contribution is 5.98. The van der Waals surface area contributed by atoms with Crippen LogP contribution in [0.4, 0.5) is 5.69 Å². The molecule has 1 fully saturated rings. The lowest BCUT2D eigenvalue weighted by Gasteiger charge is -2.31. The molecule has 26 heavy (non-hydrogen) atoms. The van der Waals surface area contributed by atoms with Crippen molar-refractivity contribution in [3.8, 4) is 11.8 Å². The van der Waals surface area contributed by atoms with Gasteiger partial charge in [0.15, 0.2) is 0 Å². The number of hydrogen-bond acceptors (Lipinski definition) is 4. The Kier molecular flexibility index (Phi) is 7.47. The molecular formula is C21H30N2O3. The number of ether oxygens (including phenoxy) is 2. The van der Waals surface area contributed by atoms with Gasteiger partial charge in [0.2, 0.25) is 0 Å². The topological polar surface area (TPSA) is 71.3 Å². The maximum atomic E-state index is 13.0. The predicted octanol–water partition coefficient (Wildman–Crippen LogP) is 4.66. The number of amides is 1. The Balaban J connectivity index is 2.17. The van der Waals surface area contributed by atoms with Gasteiger partial charge in [0.05, 0.1) is 17.9 Å². The zero-order valence-corrected chi connectivity index (χ0v) is 16.1. The van der Waals surface area contributed by atoms with E-state index in [0.29, 0.717) is 36.1 Å². The Hall–Kier alpha value is -2.06. The molecule has 0 radical (unpaired) electrons. The zero-order valence-electron chi connectivity index (χ0n) is 16.1. The Bertz CT molecular complexity index is 641. The Morgan fingerprint density at radius 2 is 1.96 bits per heavy atom. The van der Waals surface area contributed by atoms with E-state index in [1.165, 1.54) is 0 Å². The SMILES string of the molecule is CCOC1(C(=O)Nc2ccc(OCC(C)C)cc2C#N)CCCCCC1. The van der Waals surface area contributed by atoms with Crippen LogP contribution in [-0.2, 0) is 9.53 Å². The van der Waals surface area contributed by atoms with E-state index in [1.54, 1.807) is 18.2 Å². The van der Waals surface area contributed by atoms with Crippen LogP contribution >= 0.6 is 0 Å². The average Bonchev–Trinajstić information content (AvgIpc) is 2.87. The quantitative estimate of drug-likeness (QED) is 0.720. The van der Waals surface area contributed by atoms with E-state index < -0.39 is 5.60 Å². The smallest absolute Gasteiger partial charge is 0.256 e. The van der Waals surface area contributed by atoms with Gasteiger partial charge in [0.25, 0.3) is 5.91 Å². The first-order valence-electron chi connectivity index (χ1n) is 9.63. The molecule has 142 valence electrons. The number of benzene rings is 1. The number of nitriles is 1. The Morgan fingerprint density at radius 3 is 2.54 bits per heavy atom. The summed E-state index contributed by atoms with van der Waals surface area (Å²) in [6.07, 6.45) is 5.69. The van der Waals surface area contributed by atoms with Crippen molar-refractivity contribution in [2.75, 3.05) is 18.5 Å². The van der Waals surface area contributed by atoms with Gasteiger partial charge < -0.3 is 14.8 Å². The summed E-state index contributed by atoms with van der Waals surface area (Å²) in [5.74, 6) is 0.900. The summed E-state index contributed by atoms with van der Waals surface area (Å²) in [7, 11) is 0. The van der Waals surface area contributed by atoms with Crippen LogP contribution in [0.2, 0.25) is 0 Å². The largest absolute Gasteiger partial charge is 0.493 e. The number of rotatable bonds is 7. The van der Waals surface area contributed by atoms with Gasteiger partial charge in [-0.1, -0.05) is 39.5 Å². The molecule has 1 N–H and O–H groups in total. The lowest BCUT2D eigenvalue weighted by atomic mass is 9.92. The summed E-state index contributed by atoms with van der Waals surface area (Å²) in [5.41, 5.74) is 0.128.